The normalized spacial score (nSPS) is 36.6. The third kappa shape index (κ3) is 3.05. The molecule has 3 aliphatic rings. The van der Waals surface area contributed by atoms with E-state index in [4.69, 9.17) is 0 Å². The van der Waals surface area contributed by atoms with Gasteiger partial charge in [0.15, 0.2) is 0 Å². The lowest BCUT2D eigenvalue weighted by molar-refractivity contribution is 0.0340. The molecule has 3 fully saturated rings. The fraction of sp³-hybridized carbons (Fsp3) is 1.00. The Morgan fingerprint density at radius 2 is 1.55 bits per heavy atom. The first kappa shape index (κ1) is 14.8. The Bertz CT molecular complexity index is 285. The Balaban J connectivity index is 1.54. The van der Waals surface area contributed by atoms with E-state index in [-0.39, 0.29) is 0 Å². The number of fused-ring (bicyclic) bond motifs is 2. The molecular formula is C17H33N3. The third-order valence-electron chi connectivity index (χ3n) is 5.80. The molecule has 3 rings (SSSR count). The van der Waals surface area contributed by atoms with Gasteiger partial charge in [-0.3, -0.25) is 4.90 Å². The lowest BCUT2D eigenvalue weighted by Crippen LogP contribution is -2.55. The van der Waals surface area contributed by atoms with Gasteiger partial charge >= 0.3 is 0 Å². The maximum atomic E-state index is 3.70. The van der Waals surface area contributed by atoms with Crippen molar-refractivity contribution in [2.24, 2.45) is 0 Å². The molecule has 116 valence electrons. The van der Waals surface area contributed by atoms with Gasteiger partial charge in [-0.05, 0) is 71.1 Å². The molecule has 1 N–H and O–H groups in total. The largest absolute Gasteiger partial charge is 0.314 e. The van der Waals surface area contributed by atoms with Crippen molar-refractivity contribution in [1.82, 2.24) is 15.1 Å². The van der Waals surface area contributed by atoms with E-state index in [2.05, 4.69) is 29.0 Å². The summed E-state index contributed by atoms with van der Waals surface area (Å²) in [6.45, 7) is 9.67. The number of likely N-dealkylation sites (tertiary alicyclic amines) is 1. The van der Waals surface area contributed by atoms with Crippen LogP contribution in [0.4, 0.5) is 0 Å². The number of rotatable bonds is 5. The summed E-state index contributed by atoms with van der Waals surface area (Å²) >= 11 is 0. The van der Waals surface area contributed by atoms with Gasteiger partial charge in [-0.2, -0.15) is 0 Å². The van der Waals surface area contributed by atoms with E-state index in [0.717, 1.165) is 30.7 Å². The quantitative estimate of drug-likeness (QED) is 0.834. The van der Waals surface area contributed by atoms with Crippen LogP contribution in [0.3, 0.4) is 0 Å². The third-order valence-corrected chi connectivity index (χ3v) is 5.80. The zero-order valence-corrected chi connectivity index (χ0v) is 13.5. The van der Waals surface area contributed by atoms with Gasteiger partial charge in [-0.25, -0.2) is 0 Å². The van der Waals surface area contributed by atoms with Crippen molar-refractivity contribution >= 4 is 0 Å². The van der Waals surface area contributed by atoms with Crippen LogP contribution in [-0.4, -0.2) is 60.1 Å². The molecule has 0 aromatic heterocycles. The van der Waals surface area contributed by atoms with Crippen molar-refractivity contribution < 1.29 is 0 Å². The summed E-state index contributed by atoms with van der Waals surface area (Å²) in [6, 6.07) is 3.47. The molecule has 2 atom stereocenters. The van der Waals surface area contributed by atoms with Gasteiger partial charge in [-0.1, -0.05) is 13.8 Å². The van der Waals surface area contributed by atoms with Gasteiger partial charge in [-0.15, -0.1) is 0 Å². The predicted octanol–water partition coefficient (Wildman–Crippen LogP) is 2.47. The molecule has 20 heavy (non-hydrogen) atoms. The molecule has 0 radical (unpaired) electrons. The van der Waals surface area contributed by atoms with Crippen molar-refractivity contribution in [3.05, 3.63) is 0 Å². The Hall–Kier alpha value is -0.120. The summed E-state index contributed by atoms with van der Waals surface area (Å²) < 4.78 is 0. The van der Waals surface area contributed by atoms with Gasteiger partial charge in [0, 0.05) is 24.2 Å². The van der Waals surface area contributed by atoms with Crippen LogP contribution in [0.2, 0.25) is 0 Å². The Morgan fingerprint density at radius 3 is 2.10 bits per heavy atom. The number of hydrogen-bond donors (Lipinski definition) is 1. The maximum Gasteiger partial charge on any atom is 0.0125 e. The smallest absolute Gasteiger partial charge is 0.0125 e. The van der Waals surface area contributed by atoms with Crippen molar-refractivity contribution in [2.75, 3.05) is 26.2 Å². The summed E-state index contributed by atoms with van der Waals surface area (Å²) in [5, 5.41) is 3.70. The van der Waals surface area contributed by atoms with Crippen LogP contribution in [0.25, 0.3) is 0 Å². The minimum atomic E-state index is 0.800. The van der Waals surface area contributed by atoms with Crippen LogP contribution >= 0.6 is 0 Å². The van der Waals surface area contributed by atoms with E-state index in [1.54, 1.807) is 0 Å². The molecule has 3 nitrogen and oxygen atoms in total. The topological polar surface area (TPSA) is 18.5 Å². The van der Waals surface area contributed by atoms with Crippen LogP contribution in [0.15, 0.2) is 0 Å². The SMILES string of the molecule is CCCN1CCC(N2C3CCC2CC(NCC)C3)CC1. The molecule has 0 aromatic rings. The van der Waals surface area contributed by atoms with E-state index >= 15 is 0 Å². The highest BCUT2D eigenvalue weighted by molar-refractivity contribution is 5.00. The average molecular weight is 279 g/mol. The van der Waals surface area contributed by atoms with Gasteiger partial charge < -0.3 is 10.2 Å². The van der Waals surface area contributed by atoms with Crippen LogP contribution in [0.5, 0.6) is 0 Å². The first-order chi connectivity index (χ1) is 9.81. The van der Waals surface area contributed by atoms with Gasteiger partial charge in [0.1, 0.15) is 0 Å². The summed E-state index contributed by atoms with van der Waals surface area (Å²) in [7, 11) is 0. The molecule has 3 heterocycles. The van der Waals surface area contributed by atoms with E-state index in [1.165, 1.54) is 64.6 Å². The first-order valence-corrected chi connectivity index (χ1v) is 9.05. The zero-order valence-electron chi connectivity index (χ0n) is 13.5. The van der Waals surface area contributed by atoms with Crippen LogP contribution in [-0.2, 0) is 0 Å². The van der Waals surface area contributed by atoms with Crippen LogP contribution in [0, 0.1) is 0 Å². The molecule has 0 amide bonds. The van der Waals surface area contributed by atoms with Gasteiger partial charge in [0.2, 0.25) is 0 Å². The molecule has 0 saturated carbocycles. The lowest BCUT2D eigenvalue weighted by atomic mass is 9.92. The summed E-state index contributed by atoms with van der Waals surface area (Å²) in [5.41, 5.74) is 0. The van der Waals surface area contributed by atoms with Gasteiger partial charge in [0.25, 0.3) is 0 Å². The van der Waals surface area contributed by atoms with Crippen molar-refractivity contribution in [2.45, 2.75) is 83.0 Å². The standard InChI is InChI=1S/C17H33N3/c1-3-9-19-10-7-15(8-11-19)20-16-5-6-17(20)13-14(12-16)18-4-2/h14-18H,3-13H2,1-2H3. The molecule has 3 heteroatoms. The molecule has 3 saturated heterocycles. The Morgan fingerprint density at radius 1 is 0.900 bits per heavy atom. The van der Waals surface area contributed by atoms with Crippen LogP contribution in [0.1, 0.15) is 58.8 Å². The minimum Gasteiger partial charge on any atom is -0.314 e. The fourth-order valence-corrected chi connectivity index (χ4v) is 5.02. The van der Waals surface area contributed by atoms with Crippen molar-refractivity contribution in [3.63, 3.8) is 0 Å². The zero-order chi connectivity index (χ0) is 13.9. The number of nitrogens with zero attached hydrogens (tertiary/aromatic N) is 2. The molecule has 0 spiro atoms. The monoisotopic (exact) mass is 279 g/mol. The van der Waals surface area contributed by atoms with Gasteiger partial charge in [0.05, 0.1) is 0 Å². The van der Waals surface area contributed by atoms with Crippen molar-refractivity contribution in [3.8, 4) is 0 Å². The summed E-state index contributed by atoms with van der Waals surface area (Å²) in [4.78, 5) is 5.63. The molecule has 3 aliphatic heterocycles. The molecule has 0 aromatic carbocycles. The van der Waals surface area contributed by atoms with Crippen LogP contribution < -0.4 is 5.32 Å². The van der Waals surface area contributed by atoms with E-state index in [0.29, 0.717) is 0 Å². The summed E-state index contributed by atoms with van der Waals surface area (Å²) in [6.07, 6.45) is 9.87. The van der Waals surface area contributed by atoms with Crippen molar-refractivity contribution in [1.29, 1.82) is 0 Å². The lowest BCUT2D eigenvalue weighted by Gasteiger charge is -2.46. The molecule has 2 bridgehead atoms. The molecule has 0 aliphatic carbocycles. The molecular weight excluding hydrogens is 246 g/mol. The maximum absolute atomic E-state index is 3.70. The second kappa shape index (κ2) is 6.76. The highest BCUT2D eigenvalue weighted by atomic mass is 15.3. The fourth-order valence-electron chi connectivity index (χ4n) is 5.02. The average Bonchev–Trinajstić information content (AvgIpc) is 2.72. The number of nitrogens with one attached hydrogen (secondary N) is 1. The number of piperidine rings is 2. The minimum absolute atomic E-state index is 0.800. The predicted molar refractivity (Wildman–Crippen MR) is 85.1 cm³/mol. The highest BCUT2D eigenvalue weighted by Gasteiger charge is 2.43. The molecule has 2 unspecified atom stereocenters. The second-order valence-corrected chi connectivity index (χ2v) is 7.13. The Labute approximate surface area is 125 Å². The highest BCUT2D eigenvalue weighted by Crippen LogP contribution is 2.39. The summed E-state index contributed by atoms with van der Waals surface area (Å²) in [5.74, 6) is 0. The van der Waals surface area contributed by atoms with E-state index in [1.807, 2.05) is 0 Å². The first-order valence-electron chi connectivity index (χ1n) is 9.05. The van der Waals surface area contributed by atoms with E-state index in [9.17, 15) is 0 Å². The van der Waals surface area contributed by atoms with E-state index < -0.39 is 0 Å². The Kier molecular flexibility index (Phi) is 5.00. The number of hydrogen-bond acceptors (Lipinski definition) is 3. The second-order valence-electron chi connectivity index (χ2n) is 7.13.